The normalized spacial score (nSPS) is 11.3. The number of thiophene rings is 1. The van der Waals surface area contributed by atoms with Gasteiger partial charge in [-0.15, -0.1) is 11.3 Å². The molecular weight excluding hydrogens is 330 g/mol. The van der Waals surface area contributed by atoms with Gasteiger partial charge < -0.3 is 5.32 Å². The van der Waals surface area contributed by atoms with Crippen LogP contribution in [0.3, 0.4) is 0 Å². The van der Waals surface area contributed by atoms with E-state index in [4.69, 9.17) is 11.6 Å². The van der Waals surface area contributed by atoms with Gasteiger partial charge in [-0.25, -0.2) is 13.1 Å². The van der Waals surface area contributed by atoms with Crippen molar-refractivity contribution in [1.29, 1.82) is 0 Å². The first-order valence-electron chi connectivity index (χ1n) is 5.48. The second-order valence-electron chi connectivity index (χ2n) is 3.66. The van der Waals surface area contributed by atoms with Gasteiger partial charge in [-0.2, -0.15) is 0 Å². The molecule has 1 heterocycles. The SMILES string of the molecule is CCCNC(=O)CNS(=O)(=O)c1cc([N+](=O)[O-])c(Cl)s1. The molecule has 1 aromatic heterocycles. The number of hydrogen-bond acceptors (Lipinski definition) is 6. The van der Waals surface area contributed by atoms with Gasteiger partial charge in [0.2, 0.25) is 5.91 Å². The summed E-state index contributed by atoms with van der Waals surface area (Å²) >= 11 is 6.14. The van der Waals surface area contributed by atoms with Crippen LogP contribution >= 0.6 is 22.9 Å². The van der Waals surface area contributed by atoms with Crippen LogP contribution in [0, 0.1) is 10.1 Å². The first-order valence-corrected chi connectivity index (χ1v) is 8.15. The third-order valence-corrected chi connectivity index (χ3v) is 5.32. The maximum atomic E-state index is 11.8. The van der Waals surface area contributed by atoms with Gasteiger partial charge in [0.25, 0.3) is 15.7 Å². The van der Waals surface area contributed by atoms with Crippen LogP contribution in [0.5, 0.6) is 0 Å². The van der Waals surface area contributed by atoms with Gasteiger partial charge in [-0.05, 0) is 6.42 Å². The molecule has 2 N–H and O–H groups in total. The smallest absolute Gasteiger partial charge is 0.300 e. The standard InChI is InChI=1S/C9H12ClN3O5S2/c1-2-3-11-7(14)5-12-20(17,18)8-4-6(13(15)16)9(10)19-8/h4,12H,2-3,5H2,1H3,(H,11,14). The molecule has 0 aromatic carbocycles. The minimum atomic E-state index is -4.00. The Morgan fingerprint density at radius 2 is 2.20 bits per heavy atom. The van der Waals surface area contributed by atoms with Crippen LogP contribution in [0.2, 0.25) is 4.34 Å². The van der Waals surface area contributed by atoms with Gasteiger partial charge in [0, 0.05) is 12.6 Å². The lowest BCUT2D eigenvalue weighted by Gasteiger charge is -2.05. The molecule has 20 heavy (non-hydrogen) atoms. The zero-order chi connectivity index (χ0) is 15.3. The van der Waals surface area contributed by atoms with Crippen LogP contribution in [-0.2, 0) is 14.8 Å². The van der Waals surface area contributed by atoms with Gasteiger partial charge in [0.1, 0.15) is 4.21 Å². The van der Waals surface area contributed by atoms with Crippen LogP contribution < -0.4 is 10.0 Å². The highest BCUT2D eigenvalue weighted by atomic mass is 35.5. The molecule has 0 aliphatic carbocycles. The van der Waals surface area contributed by atoms with E-state index in [2.05, 4.69) is 10.0 Å². The number of sulfonamides is 1. The van der Waals surface area contributed by atoms with E-state index in [-0.39, 0.29) is 8.55 Å². The monoisotopic (exact) mass is 341 g/mol. The summed E-state index contributed by atoms with van der Waals surface area (Å²) < 4.78 is 25.2. The fourth-order valence-electron chi connectivity index (χ4n) is 1.15. The van der Waals surface area contributed by atoms with Crippen molar-refractivity contribution in [1.82, 2.24) is 10.0 Å². The molecule has 0 saturated heterocycles. The summed E-state index contributed by atoms with van der Waals surface area (Å²) in [6, 6.07) is 0.860. The Morgan fingerprint density at radius 3 is 2.70 bits per heavy atom. The molecule has 1 rings (SSSR count). The van der Waals surface area contributed by atoms with E-state index >= 15 is 0 Å². The van der Waals surface area contributed by atoms with Crippen LogP contribution in [0.15, 0.2) is 10.3 Å². The third-order valence-electron chi connectivity index (χ3n) is 2.10. The minimum Gasteiger partial charge on any atom is -0.355 e. The summed E-state index contributed by atoms with van der Waals surface area (Å²) in [5.74, 6) is -0.479. The van der Waals surface area contributed by atoms with Crippen molar-refractivity contribution in [2.75, 3.05) is 13.1 Å². The summed E-state index contributed by atoms with van der Waals surface area (Å²) in [4.78, 5) is 21.1. The summed E-state index contributed by atoms with van der Waals surface area (Å²) in [5, 5.41) is 13.1. The number of hydrogen-bond donors (Lipinski definition) is 2. The predicted octanol–water partition coefficient (Wildman–Crippen LogP) is 1.11. The van der Waals surface area contributed by atoms with Crippen molar-refractivity contribution in [2.45, 2.75) is 17.6 Å². The van der Waals surface area contributed by atoms with E-state index in [1.807, 2.05) is 6.92 Å². The third kappa shape index (κ3) is 4.40. The van der Waals surface area contributed by atoms with Crippen LogP contribution in [0.25, 0.3) is 0 Å². The molecule has 8 nitrogen and oxygen atoms in total. The van der Waals surface area contributed by atoms with Crippen molar-refractivity contribution < 1.29 is 18.1 Å². The molecule has 0 saturated carbocycles. The van der Waals surface area contributed by atoms with E-state index < -0.39 is 33.1 Å². The topological polar surface area (TPSA) is 118 Å². The average molecular weight is 342 g/mol. The van der Waals surface area contributed by atoms with Crippen LogP contribution in [0.4, 0.5) is 5.69 Å². The van der Waals surface area contributed by atoms with Crippen molar-refractivity contribution in [3.8, 4) is 0 Å². The Kier molecular flexibility index (Phi) is 5.87. The fraction of sp³-hybridized carbons (Fsp3) is 0.444. The minimum absolute atomic E-state index is 0.231. The Bertz CT molecular complexity index is 613. The zero-order valence-electron chi connectivity index (χ0n) is 10.4. The van der Waals surface area contributed by atoms with Crippen LogP contribution in [-0.4, -0.2) is 32.3 Å². The highest BCUT2D eigenvalue weighted by Crippen LogP contribution is 2.35. The maximum Gasteiger partial charge on any atom is 0.300 e. The second-order valence-corrected chi connectivity index (χ2v) is 7.30. The molecule has 0 aliphatic heterocycles. The molecule has 0 spiro atoms. The predicted molar refractivity (Wildman–Crippen MR) is 74.5 cm³/mol. The zero-order valence-corrected chi connectivity index (χ0v) is 12.8. The highest BCUT2D eigenvalue weighted by Gasteiger charge is 2.25. The van der Waals surface area contributed by atoms with Crippen molar-refractivity contribution in [3.05, 3.63) is 20.5 Å². The number of carbonyl (C=O) groups excluding carboxylic acids is 1. The van der Waals surface area contributed by atoms with Crippen LogP contribution in [0.1, 0.15) is 13.3 Å². The summed E-state index contributed by atoms with van der Waals surface area (Å²) in [6.07, 6.45) is 0.727. The van der Waals surface area contributed by atoms with Crippen molar-refractivity contribution in [2.24, 2.45) is 0 Å². The number of carbonyl (C=O) groups is 1. The van der Waals surface area contributed by atoms with E-state index in [0.29, 0.717) is 17.9 Å². The maximum absolute atomic E-state index is 11.8. The Balaban J connectivity index is 2.77. The number of amides is 1. The first kappa shape index (κ1) is 16.8. The fourth-order valence-corrected chi connectivity index (χ4v) is 3.85. The van der Waals surface area contributed by atoms with Gasteiger partial charge in [-0.3, -0.25) is 14.9 Å². The largest absolute Gasteiger partial charge is 0.355 e. The number of nitrogens with one attached hydrogen (secondary N) is 2. The molecule has 0 aliphatic rings. The molecule has 1 aromatic rings. The van der Waals surface area contributed by atoms with Gasteiger partial charge in [0.05, 0.1) is 11.5 Å². The van der Waals surface area contributed by atoms with Gasteiger partial charge >= 0.3 is 0 Å². The summed E-state index contributed by atoms with van der Waals surface area (Å²) in [7, 11) is -4.00. The molecule has 1 amide bonds. The molecule has 0 bridgehead atoms. The quantitative estimate of drug-likeness (QED) is 0.569. The van der Waals surface area contributed by atoms with E-state index in [1.54, 1.807) is 0 Å². The van der Waals surface area contributed by atoms with E-state index in [1.165, 1.54) is 0 Å². The second kappa shape index (κ2) is 6.97. The van der Waals surface area contributed by atoms with E-state index in [0.717, 1.165) is 12.5 Å². The Labute approximate surface area is 124 Å². The van der Waals surface area contributed by atoms with Crippen molar-refractivity contribution in [3.63, 3.8) is 0 Å². The first-order chi connectivity index (χ1) is 9.27. The molecular formula is C9H12ClN3O5S2. The summed E-state index contributed by atoms with van der Waals surface area (Å²) in [5.41, 5.74) is -0.479. The summed E-state index contributed by atoms with van der Waals surface area (Å²) in [6.45, 7) is 1.86. The number of nitrogens with zero attached hydrogens (tertiary/aromatic N) is 1. The molecule has 0 radical (unpaired) electrons. The molecule has 0 atom stereocenters. The Morgan fingerprint density at radius 1 is 1.55 bits per heavy atom. The lowest BCUT2D eigenvalue weighted by Crippen LogP contribution is -2.36. The number of nitro groups is 1. The van der Waals surface area contributed by atoms with E-state index in [9.17, 15) is 23.3 Å². The van der Waals surface area contributed by atoms with Gasteiger partial charge in [0.15, 0.2) is 4.34 Å². The lowest BCUT2D eigenvalue weighted by atomic mass is 10.5. The average Bonchev–Trinajstić information content (AvgIpc) is 2.77. The van der Waals surface area contributed by atoms with Gasteiger partial charge in [-0.1, -0.05) is 18.5 Å². The lowest BCUT2D eigenvalue weighted by molar-refractivity contribution is -0.384. The number of halogens is 1. The highest BCUT2D eigenvalue weighted by molar-refractivity contribution is 7.91. The van der Waals surface area contributed by atoms with Crippen molar-refractivity contribution >= 4 is 44.6 Å². The molecule has 112 valence electrons. The molecule has 11 heteroatoms. The molecule has 0 fully saturated rings. The Hall–Kier alpha value is -1.23. The molecule has 0 unspecified atom stereocenters. The number of rotatable bonds is 7.